The number of carbonyl (C=O) groups is 2. The maximum atomic E-state index is 13.4. The molecule has 0 spiro atoms. The topological polar surface area (TPSA) is 101 Å². The predicted octanol–water partition coefficient (Wildman–Crippen LogP) is 5.48. The number of aliphatic hydroxyl groups excluding tert-OH is 1. The zero-order valence-electron chi connectivity index (χ0n) is 25.9. The van der Waals surface area contributed by atoms with Crippen LogP contribution in [0.1, 0.15) is 56.7 Å². The molecule has 2 heterocycles. The molecule has 5 rings (SSSR count). The smallest absolute Gasteiger partial charge is 0.395 e. The Morgan fingerprint density at radius 1 is 0.894 bits per heavy atom. The van der Waals surface area contributed by atoms with Crippen molar-refractivity contribution in [3.63, 3.8) is 0 Å². The minimum absolute atomic E-state index is 0.101. The van der Waals surface area contributed by atoms with Crippen LogP contribution in [0.5, 0.6) is 0 Å². The van der Waals surface area contributed by atoms with Crippen LogP contribution in [0.15, 0.2) is 65.8 Å². The van der Waals surface area contributed by atoms with E-state index < -0.39 is 22.7 Å². The minimum atomic E-state index is -4.64. The average Bonchev–Trinajstić information content (AvgIpc) is 3.06. The van der Waals surface area contributed by atoms with Gasteiger partial charge in [-0.2, -0.15) is 18.3 Å². The van der Waals surface area contributed by atoms with E-state index in [4.69, 9.17) is 11.6 Å². The van der Waals surface area contributed by atoms with E-state index in [2.05, 4.69) is 30.5 Å². The number of hydrogen-bond acceptors (Lipinski definition) is 7. The van der Waals surface area contributed by atoms with Gasteiger partial charge < -0.3 is 15.3 Å². The summed E-state index contributed by atoms with van der Waals surface area (Å²) in [4.78, 5) is 33.6. The number of nitrogens with one attached hydrogen (secondary N) is 2. The van der Waals surface area contributed by atoms with Crippen molar-refractivity contribution in [2.24, 2.45) is 5.10 Å². The number of hydrogen-bond donors (Lipinski definition) is 3. The molecule has 0 unspecified atom stereocenters. The van der Waals surface area contributed by atoms with E-state index in [1.54, 1.807) is 18.2 Å². The maximum Gasteiger partial charge on any atom is 0.417 e. The van der Waals surface area contributed by atoms with Gasteiger partial charge in [-0.15, -0.1) is 0 Å². The molecule has 0 aromatic heterocycles. The van der Waals surface area contributed by atoms with Crippen molar-refractivity contribution in [3.05, 3.63) is 93.5 Å². The zero-order valence-corrected chi connectivity index (χ0v) is 26.7. The highest BCUT2D eigenvalue weighted by Crippen LogP contribution is 2.35. The largest absolute Gasteiger partial charge is 0.417 e. The van der Waals surface area contributed by atoms with Crippen molar-refractivity contribution < 1.29 is 27.9 Å². The minimum Gasteiger partial charge on any atom is -0.395 e. The van der Waals surface area contributed by atoms with E-state index in [0.717, 1.165) is 88.1 Å². The van der Waals surface area contributed by atoms with Gasteiger partial charge in [0.25, 0.3) is 11.8 Å². The molecule has 3 N–H and O–H groups in total. The molecule has 2 saturated heterocycles. The number of carbonyl (C=O) groups excluding carboxylic acids is 2. The lowest BCUT2D eigenvalue weighted by molar-refractivity contribution is -0.137. The summed E-state index contributed by atoms with van der Waals surface area (Å²) in [5.74, 6) is -1.02. The van der Waals surface area contributed by atoms with Crippen LogP contribution in [0.2, 0.25) is 5.02 Å². The van der Waals surface area contributed by atoms with E-state index in [0.29, 0.717) is 18.7 Å². The van der Waals surface area contributed by atoms with Crippen LogP contribution in [0.25, 0.3) is 0 Å². The Bertz CT molecular complexity index is 1590. The van der Waals surface area contributed by atoms with Crippen LogP contribution < -0.4 is 15.6 Å². The highest BCUT2D eigenvalue weighted by Gasteiger charge is 2.33. The molecular weight excluding hydrogens is 633 g/mol. The monoisotopic (exact) mass is 670 g/mol. The van der Waals surface area contributed by atoms with Crippen molar-refractivity contribution in [1.82, 2.24) is 15.2 Å². The Kier molecular flexibility index (Phi) is 11.5. The third-order valence-electron chi connectivity index (χ3n) is 8.37. The summed E-state index contributed by atoms with van der Waals surface area (Å²) in [6.07, 6.45) is -0.345. The van der Waals surface area contributed by atoms with Gasteiger partial charge in [0, 0.05) is 63.6 Å². The third kappa shape index (κ3) is 9.32. The van der Waals surface area contributed by atoms with Gasteiger partial charge in [-0.3, -0.25) is 19.4 Å². The van der Waals surface area contributed by atoms with Gasteiger partial charge in [-0.1, -0.05) is 29.8 Å². The summed E-state index contributed by atoms with van der Waals surface area (Å²) in [6, 6.07) is 15.9. The third-order valence-corrected chi connectivity index (χ3v) is 8.70. The molecule has 3 aromatic rings. The number of halogens is 4. The first-order valence-corrected chi connectivity index (χ1v) is 16.0. The lowest BCUT2D eigenvalue weighted by atomic mass is 10.1. The molecule has 0 bridgehead atoms. The average molecular weight is 671 g/mol. The first-order valence-electron chi connectivity index (χ1n) is 15.7. The van der Waals surface area contributed by atoms with E-state index in [1.165, 1.54) is 6.07 Å². The SMILES string of the molecule is O=C(Nc1ccc(N2CCCCC2)cc1C(=O)N/N=C\c1ccc(Cl)c(C(F)(F)F)c1)c1cccc(CN2CCN(CCO)CC2)c1. The van der Waals surface area contributed by atoms with E-state index in [-0.39, 0.29) is 29.3 Å². The maximum absolute atomic E-state index is 13.4. The molecule has 3 aromatic carbocycles. The standard InChI is InChI=1S/C34H38ClF3N6O3/c35-30-9-7-24(20-29(30)34(36,37)38)22-39-41-33(47)28-21-27(44-11-2-1-3-12-44)8-10-31(28)40-32(46)26-6-4-5-25(19-26)23-43-15-13-42(14-16-43)17-18-45/h4-10,19-22,45H,1-3,11-18,23H2,(H,40,46)(H,41,47)/b39-22-. The van der Waals surface area contributed by atoms with Gasteiger partial charge in [0.15, 0.2) is 0 Å². The highest BCUT2D eigenvalue weighted by atomic mass is 35.5. The fraction of sp³-hybridized carbons (Fsp3) is 0.382. The van der Waals surface area contributed by atoms with Crippen molar-refractivity contribution in [2.75, 3.05) is 62.6 Å². The van der Waals surface area contributed by atoms with Gasteiger partial charge in [0.2, 0.25) is 0 Å². The van der Waals surface area contributed by atoms with Crippen LogP contribution in [0, 0.1) is 0 Å². The molecule has 0 aliphatic carbocycles. The Hall–Kier alpha value is -3.97. The fourth-order valence-corrected chi connectivity index (χ4v) is 6.04. The van der Waals surface area contributed by atoms with Crippen LogP contribution >= 0.6 is 11.6 Å². The first-order chi connectivity index (χ1) is 22.6. The van der Waals surface area contributed by atoms with Crippen LogP contribution in [-0.2, 0) is 12.7 Å². The molecule has 250 valence electrons. The molecule has 2 fully saturated rings. The molecular formula is C34H38ClF3N6O3. The van der Waals surface area contributed by atoms with Crippen LogP contribution in [0.3, 0.4) is 0 Å². The number of amides is 2. The molecule has 2 aliphatic heterocycles. The van der Waals surface area contributed by atoms with Gasteiger partial charge in [0.05, 0.1) is 34.7 Å². The number of alkyl halides is 3. The summed E-state index contributed by atoms with van der Waals surface area (Å²) in [5, 5.41) is 15.5. The fourth-order valence-electron chi connectivity index (χ4n) is 5.82. The van der Waals surface area contributed by atoms with Gasteiger partial charge >= 0.3 is 6.18 Å². The summed E-state index contributed by atoms with van der Waals surface area (Å²) in [5.41, 5.74) is 4.19. The molecule has 47 heavy (non-hydrogen) atoms. The predicted molar refractivity (Wildman–Crippen MR) is 177 cm³/mol. The van der Waals surface area contributed by atoms with Gasteiger partial charge in [-0.25, -0.2) is 5.43 Å². The summed E-state index contributed by atoms with van der Waals surface area (Å²) >= 11 is 5.71. The Labute approximate surface area is 277 Å². The first kappa shape index (κ1) is 34.4. The number of piperazine rings is 1. The molecule has 0 saturated carbocycles. The van der Waals surface area contributed by atoms with E-state index in [9.17, 15) is 27.9 Å². The van der Waals surface area contributed by atoms with Crippen molar-refractivity contribution in [2.45, 2.75) is 32.0 Å². The number of anilines is 2. The quantitative estimate of drug-likeness (QED) is 0.195. The molecule has 2 amide bonds. The lowest BCUT2D eigenvalue weighted by Gasteiger charge is -2.34. The lowest BCUT2D eigenvalue weighted by Crippen LogP contribution is -2.46. The summed E-state index contributed by atoms with van der Waals surface area (Å²) in [6.45, 7) is 6.64. The second kappa shape index (κ2) is 15.7. The van der Waals surface area contributed by atoms with Crippen molar-refractivity contribution in [3.8, 4) is 0 Å². The number of hydrazone groups is 1. The van der Waals surface area contributed by atoms with Gasteiger partial charge in [-0.05, 0) is 72.9 Å². The Balaban J connectivity index is 1.31. The van der Waals surface area contributed by atoms with Crippen LogP contribution in [0.4, 0.5) is 24.5 Å². The molecule has 0 atom stereocenters. The molecule has 2 aliphatic rings. The molecule has 0 radical (unpaired) electrons. The number of aliphatic hydroxyl groups is 1. The highest BCUT2D eigenvalue weighted by molar-refractivity contribution is 6.31. The van der Waals surface area contributed by atoms with Crippen molar-refractivity contribution in [1.29, 1.82) is 0 Å². The normalized spacial score (nSPS) is 16.4. The number of nitrogens with zero attached hydrogens (tertiary/aromatic N) is 4. The Morgan fingerprint density at radius 3 is 2.36 bits per heavy atom. The van der Waals surface area contributed by atoms with Gasteiger partial charge in [0.1, 0.15) is 0 Å². The van der Waals surface area contributed by atoms with Crippen LogP contribution in [-0.4, -0.2) is 85.4 Å². The second-order valence-electron chi connectivity index (χ2n) is 11.7. The summed E-state index contributed by atoms with van der Waals surface area (Å²) in [7, 11) is 0. The molecule has 13 heteroatoms. The van der Waals surface area contributed by atoms with E-state index in [1.807, 2.05) is 24.3 Å². The number of rotatable bonds is 10. The summed E-state index contributed by atoms with van der Waals surface area (Å²) < 4.78 is 39.8. The number of β-amino-alcohol motifs (C(OH)–C–C–N with tert-alkyl or cyclic N) is 1. The molecule has 9 nitrogen and oxygen atoms in total. The Morgan fingerprint density at radius 2 is 1.64 bits per heavy atom. The van der Waals surface area contributed by atoms with Crippen molar-refractivity contribution >= 4 is 41.0 Å². The number of piperidine rings is 1. The van der Waals surface area contributed by atoms with E-state index >= 15 is 0 Å². The second-order valence-corrected chi connectivity index (χ2v) is 12.1. The zero-order chi connectivity index (χ0) is 33.4. The number of benzene rings is 3.